The minimum absolute atomic E-state index is 0.0160. The smallest absolute Gasteiger partial charge is 0.383 e. The Morgan fingerprint density at radius 1 is 1.38 bits per heavy atom. The van der Waals surface area contributed by atoms with E-state index in [2.05, 4.69) is 10.6 Å². The summed E-state index contributed by atoms with van der Waals surface area (Å²) in [6, 6.07) is 0. The van der Waals surface area contributed by atoms with Crippen LogP contribution in [0.15, 0.2) is 0 Å². The first-order valence-corrected chi connectivity index (χ1v) is 5.61. The molecule has 0 saturated carbocycles. The molecule has 2 N–H and O–H groups in total. The van der Waals surface area contributed by atoms with Gasteiger partial charge in [-0.2, -0.15) is 13.2 Å². The van der Waals surface area contributed by atoms with E-state index in [1.807, 2.05) is 0 Å². The number of nitrogens with one attached hydrogen (secondary N) is 2. The van der Waals surface area contributed by atoms with E-state index >= 15 is 0 Å². The number of rotatable bonds is 8. The normalized spacial score (nSPS) is 11.5. The van der Waals surface area contributed by atoms with E-state index in [-0.39, 0.29) is 36.5 Å². The van der Waals surface area contributed by atoms with Crippen LogP contribution in [0.25, 0.3) is 0 Å². The first-order chi connectivity index (χ1) is 7.45. The van der Waals surface area contributed by atoms with Crippen LogP contribution in [0.3, 0.4) is 0 Å². The van der Waals surface area contributed by atoms with E-state index in [9.17, 15) is 18.0 Å². The van der Waals surface area contributed by atoms with Crippen molar-refractivity contribution in [3.8, 4) is 0 Å². The molecule has 0 aromatic rings. The van der Waals surface area contributed by atoms with Crippen molar-refractivity contribution >= 4 is 17.7 Å². The molecule has 0 radical (unpaired) electrons. The van der Waals surface area contributed by atoms with Crippen molar-refractivity contribution in [1.29, 1.82) is 0 Å². The Morgan fingerprint density at radius 3 is 2.62 bits per heavy atom. The molecule has 0 spiro atoms. The van der Waals surface area contributed by atoms with E-state index in [1.165, 1.54) is 7.11 Å². The standard InChI is InChI=1S/C8H15F3N2O2S/c1-15-4-2-13-7(14)6-12-3-5-16-8(9,10)11/h12H,2-6H2,1H3,(H,13,14). The summed E-state index contributed by atoms with van der Waals surface area (Å²) < 4.78 is 39.8. The molecular formula is C8H15F3N2O2S. The monoisotopic (exact) mass is 260 g/mol. The molecule has 96 valence electrons. The van der Waals surface area contributed by atoms with Gasteiger partial charge in [0.25, 0.3) is 0 Å². The van der Waals surface area contributed by atoms with Crippen LogP contribution in [0.5, 0.6) is 0 Å². The number of alkyl halides is 3. The van der Waals surface area contributed by atoms with Gasteiger partial charge in [-0.15, -0.1) is 0 Å². The second-order valence-corrected chi connectivity index (χ2v) is 3.97. The molecule has 0 heterocycles. The van der Waals surface area contributed by atoms with Gasteiger partial charge in [0.1, 0.15) is 0 Å². The molecule has 0 aliphatic rings. The average molecular weight is 260 g/mol. The van der Waals surface area contributed by atoms with E-state index in [4.69, 9.17) is 4.74 Å². The van der Waals surface area contributed by atoms with Gasteiger partial charge in [0.2, 0.25) is 5.91 Å². The quantitative estimate of drug-likeness (QED) is 0.627. The molecule has 4 nitrogen and oxygen atoms in total. The number of hydrogen-bond acceptors (Lipinski definition) is 4. The van der Waals surface area contributed by atoms with Crippen LogP contribution in [0.2, 0.25) is 0 Å². The van der Waals surface area contributed by atoms with Crippen LogP contribution in [-0.4, -0.2) is 50.5 Å². The second-order valence-electron chi connectivity index (χ2n) is 2.81. The van der Waals surface area contributed by atoms with E-state index in [1.54, 1.807) is 0 Å². The lowest BCUT2D eigenvalue weighted by atomic mass is 10.5. The number of ether oxygens (including phenoxy) is 1. The van der Waals surface area contributed by atoms with E-state index in [0.717, 1.165) is 0 Å². The summed E-state index contributed by atoms with van der Waals surface area (Å²) in [7, 11) is 1.51. The van der Waals surface area contributed by atoms with E-state index in [0.29, 0.717) is 13.2 Å². The van der Waals surface area contributed by atoms with Crippen molar-refractivity contribution in [2.45, 2.75) is 5.51 Å². The summed E-state index contributed by atoms with van der Waals surface area (Å²) in [4.78, 5) is 11.0. The zero-order valence-electron chi connectivity index (χ0n) is 8.89. The number of hydrogen-bond donors (Lipinski definition) is 2. The first-order valence-electron chi connectivity index (χ1n) is 4.63. The molecule has 0 aromatic heterocycles. The van der Waals surface area contributed by atoms with Crippen LogP contribution < -0.4 is 10.6 Å². The average Bonchev–Trinajstić information content (AvgIpc) is 2.16. The van der Waals surface area contributed by atoms with Crippen molar-refractivity contribution in [3.63, 3.8) is 0 Å². The Labute approximate surface area is 96.3 Å². The third-order valence-electron chi connectivity index (χ3n) is 1.46. The number of carbonyl (C=O) groups is 1. The molecule has 1 amide bonds. The van der Waals surface area contributed by atoms with Crippen molar-refractivity contribution in [3.05, 3.63) is 0 Å². The maximum atomic E-state index is 11.7. The summed E-state index contributed by atoms with van der Waals surface area (Å²) in [5.41, 5.74) is -4.21. The van der Waals surface area contributed by atoms with E-state index < -0.39 is 5.51 Å². The Hall–Kier alpha value is -0.470. The first kappa shape index (κ1) is 15.5. The van der Waals surface area contributed by atoms with Gasteiger partial charge in [-0.3, -0.25) is 4.79 Å². The number of methoxy groups -OCH3 is 1. The van der Waals surface area contributed by atoms with Gasteiger partial charge in [-0.25, -0.2) is 0 Å². The molecule has 0 atom stereocenters. The molecule has 0 fully saturated rings. The highest BCUT2D eigenvalue weighted by molar-refractivity contribution is 8.00. The second kappa shape index (κ2) is 8.66. The lowest BCUT2D eigenvalue weighted by Gasteiger charge is -2.07. The Bertz CT molecular complexity index is 202. The SMILES string of the molecule is COCCNC(=O)CNCCSC(F)(F)F. The number of thioether (sulfide) groups is 1. The topological polar surface area (TPSA) is 50.4 Å². The Balaban J connectivity index is 3.28. The summed E-state index contributed by atoms with van der Waals surface area (Å²) in [6.07, 6.45) is 0. The summed E-state index contributed by atoms with van der Waals surface area (Å²) in [5, 5.41) is 5.15. The largest absolute Gasteiger partial charge is 0.441 e. The fraction of sp³-hybridized carbons (Fsp3) is 0.875. The lowest BCUT2D eigenvalue weighted by Crippen LogP contribution is -2.36. The zero-order valence-corrected chi connectivity index (χ0v) is 9.71. The summed E-state index contributed by atoms with van der Waals surface area (Å²) in [5.74, 6) is -0.358. The highest BCUT2D eigenvalue weighted by Crippen LogP contribution is 2.29. The molecule has 0 aromatic carbocycles. The number of carbonyl (C=O) groups excluding carboxylic acids is 1. The van der Waals surface area contributed by atoms with Crippen LogP contribution in [0, 0.1) is 0 Å². The lowest BCUT2D eigenvalue weighted by molar-refractivity contribution is -0.120. The maximum Gasteiger partial charge on any atom is 0.441 e. The number of amides is 1. The molecule has 0 unspecified atom stereocenters. The van der Waals surface area contributed by atoms with Crippen molar-refractivity contribution in [1.82, 2.24) is 10.6 Å². The zero-order chi connectivity index (χ0) is 12.4. The van der Waals surface area contributed by atoms with Crippen LogP contribution in [-0.2, 0) is 9.53 Å². The molecule has 0 aliphatic heterocycles. The molecular weight excluding hydrogens is 245 g/mol. The molecule has 0 rings (SSSR count). The fourth-order valence-electron chi connectivity index (χ4n) is 0.796. The highest BCUT2D eigenvalue weighted by Gasteiger charge is 2.27. The van der Waals surface area contributed by atoms with Crippen LogP contribution in [0.1, 0.15) is 0 Å². The molecule has 8 heteroatoms. The predicted molar refractivity (Wildman–Crippen MR) is 56.3 cm³/mol. The van der Waals surface area contributed by atoms with Gasteiger partial charge < -0.3 is 15.4 Å². The van der Waals surface area contributed by atoms with Crippen molar-refractivity contribution in [2.24, 2.45) is 0 Å². The fourth-order valence-corrected chi connectivity index (χ4v) is 1.27. The van der Waals surface area contributed by atoms with Gasteiger partial charge in [-0.05, 0) is 11.8 Å². The van der Waals surface area contributed by atoms with Gasteiger partial charge in [0.15, 0.2) is 0 Å². The summed E-state index contributed by atoms with van der Waals surface area (Å²) in [6.45, 7) is 0.966. The molecule has 0 saturated heterocycles. The highest BCUT2D eigenvalue weighted by atomic mass is 32.2. The molecule has 0 bridgehead atoms. The third kappa shape index (κ3) is 11.6. The molecule has 0 aliphatic carbocycles. The van der Waals surface area contributed by atoms with Gasteiger partial charge in [-0.1, -0.05) is 0 Å². The number of halogens is 3. The van der Waals surface area contributed by atoms with Crippen molar-refractivity contribution in [2.75, 3.05) is 39.1 Å². The van der Waals surface area contributed by atoms with Gasteiger partial charge >= 0.3 is 5.51 Å². The third-order valence-corrected chi connectivity index (χ3v) is 2.19. The predicted octanol–water partition coefficient (Wildman–Crippen LogP) is 0.592. The van der Waals surface area contributed by atoms with Crippen LogP contribution in [0.4, 0.5) is 13.2 Å². The van der Waals surface area contributed by atoms with Crippen LogP contribution >= 0.6 is 11.8 Å². The maximum absolute atomic E-state index is 11.7. The van der Waals surface area contributed by atoms with Gasteiger partial charge in [0.05, 0.1) is 13.2 Å². The summed E-state index contributed by atoms with van der Waals surface area (Å²) >= 11 is -0.107. The van der Waals surface area contributed by atoms with Crippen molar-refractivity contribution < 1.29 is 22.7 Å². The Kier molecular flexibility index (Phi) is 8.40. The Morgan fingerprint density at radius 2 is 2.06 bits per heavy atom. The minimum atomic E-state index is -4.21. The minimum Gasteiger partial charge on any atom is -0.383 e. The molecule has 16 heavy (non-hydrogen) atoms. The van der Waals surface area contributed by atoms with Gasteiger partial charge in [0, 0.05) is 26.0 Å².